The second-order valence-electron chi connectivity index (χ2n) is 3.83. The van der Waals surface area contributed by atoms with E-state index in [1.807, 2.05) is 6.92 Å². The number of hydrogen-bond acceptors (Lipinski definition) is 2. The van der Waals surface area contributed by atoms with Crippen molar-refractivity contribution in [1.29, 1.82) is 0 Å². The average molecular weight is 169 g/mol. The molecule has 0 radical (unpaired) electrons. The normalized spacial score (nSPS) is 39.2. The highest BCUT2D eigenvalue weighted by atomic mass is 16.4. The molecule has 2 rings (SSSR count). The summed E-state index contributed by atoms with van der Waals surface area (Å²) in [5, 5.41) is 8.77. The van der Waals surface area contributed by atoms with Gasteiger partial charge in [0, 0.05) is 12.0 Å². The van der Waals surface area contributed by atoms with Gasteiger partial charge in [-0.1, -0.05) is 0 Å². The molecule has 1 amide bonds. The molecule has 0 aromatic heterocycles. The van der Waals surface area contributed by atoms with E-state index in [1.165, 1.54) is 4.90 Å². The lowest BCUT2D eigenvalue weighted by atomic mass is 9.87. The predicted molar refractivity (Wildman–Crippen MR) is 40.5 cm³/mol. The predicted octanol–water partition coefficient (Wildman–Crippen LogP) is 0.224. The molecular weight excluding hydrogens is 158 g/mol. The van der Waals surface area contributed by atoms with Gasteiger partial charge in [-0.05, 0) is 19.8 Å². The number of β-lactam (4-membered cyclic amide) rings is 1. The SMILES string of the molecule is C[C@@]12CC[C@@H](C(=O)O)N1C(=O)C2. The van der Waals surface area contributed by atoms with Crippen LogP contribution in [0.2, 0.25) is 0 Å². The third-order valence-corrected chi connectivity index (χ3v) is 2.94. The van der Waals surface area contributed by atoms with Gasteiger partial charge in [0.1, 0.15) is 6.04 Å². The number of carbonyl (C=O) groups is 2. The second-order valence-corrected chi connectivity index (χ2v) is 3.83. The van der Waals surface area contributed by atoms with Gasteiger partial charge in [0.2, 0.25) is 5.91 Å². The number of carbonyl (C=O) groups excluding carboxylic acids is 1. The Balaban J connectivity index is 2.23. The van der Waals surface area contributed by atoms with Crippen LogP contribution in [0.1, 0.15) is 26.2 Å². The molecule has 0 spiro atoms. The molecule has 2 aliphatic heterocycles. The number of fused-ring (bicyclic) bond motifs is 1. The molecule has 2 aliphatic rings. The monoisotopic (exact) mass is 169 g/mol. The Kier molecular flexibility index (Phi) is 1.26. The summed E-state index contributed by atoms with van der Waals surface area (Å²) >= 11 is 0. The lowest BCUT2D eigenvalue weighted by Crippen LogP contribution is -2.61. The Labute approximate surface area is 70.2 Å². The van der Waals surface area contributed by atoms with Gasteiger partial charge in [0.25, 0.3) is 0 Å². The number of hydrogen-bond donors (Lipinski definition) is 1. The first-order valence-corrected chi connectivity index (χ1v) is 4.09. The molecule has 0 unspecified atom stereocenters. The van der Waals surface area contributed by atoms with Crippen molar-refractivity contribution in [3.05, 3.63) is 0 Å². The van der Waals surface area contributed by atoms with Gasteiger partial charge in [-0.2, -0.15) is 0 Å². The summed E-state index contributed by atoms with van der Waals surface area (Å²) in [4.78, 5) is 23.3. The number of rotatable bonds is 1. The average Bonchev–Trinajstić information content (AvgIpc) is 2.22. The smallest absolute Gasteiger partial charge is 0.326 e. The minimum absolute atomic E-state index is 0.0117. The van der Waals surface area contributed by atoms with Gasteiger partial charge in [-0.15, -0.1) is 0 Å². The lowest BCUT2D eigenvalue weighted by molar-refractivity contribution is -0.163. The van der Waals surface area contributed by atoms with E-state index in [1.54, 1.807) is 0 Å². The Bertz CT molecular complexity index is 263. The summed E-state index contributed by atoms with van der Waals surface area (Å²) in [6, 6.07) is -0.559. The van der Waals surface area contributed by atoms with Crippen LogP contribution in [-0.2, 0) is 9.59 Å². The first-order chi connectivity index (χ1) is 5.54. The first kappa shape index (κ1) is 7.58. The Morgan fingerprint density at radius 3 is 2.83 bits per heavy atom. The molecule has 2 fully saturated rings. The van der Waals surface area contributed by atoms with Crippen molar-refractivity contribution in [2.24, 2.45) is 0 Å². The van der Waals surface area contributed by atoms with Crippen LogP contribution in [0.4, 0.5) is 0 Å². The van der Waals surface area contributed by atoms with Crippen LogP contribution in [0.3, 0.4) is 0 Å². The van der Waals surface area contributed by atoms with E-state index in [-0.39, 0.29) is 11.4 Å². The van der Waals surface area contributed by atoms with Gasteiger partial charge < -0.3 is 10.0 Å². The van der Waals surface area contributed by atoms with Gasteiger partial charge in [-0.25, -0.2) is 4.79 Å². The minimum Gasteiger partial charge on any atom is -0.480 e. The molecule has 2 atom stereocenters. The molecule has 4 nitrogen and oxygen atoms in total. The van der Waals surface area contributed by atoms with Crippen molar-refractivity contribution >= 4 is 11.9 Å². The van der Waals surface area contributed by atoms with Gasteiger partial charge in [0.15, 0.2) is 0 Å². The summed E-state index contributed by atoms with van der Waals surface area (Å²) in [7, 11) is 0. The van der Waals surface area contributed by atoms with Crippen LogP contribution < -0.4 is 0 Å². The van der Waals surface area contributed by atoms with Gasteiger partial charge >= 0.3 is 5.97 Å². The molecule has 0 aromatic carbocycles. The van der Waals surface area contributed by atoms with E-state index in [0.717, 1.165) is 6.42 Å². The molecule has 0 aliphatic carbocycles. The zero-order valence-corrected chi connectivity index (χ0v) is 6.91. The van der Waals surface area contributed by atoms with Crippen LogP contribution in [-0.4, -0.2) is 33.5 Å². The van der Waals surface area contributed by atoms with E-state index in [2.05, 4.69) is 0 Å². The molecular formula is C8H11NO3. The molecule has 2 saturated heterocycles. The number of nitrogens with zero attached hydrogens (tertiary/aromatic N) is 1. The summed E-state index contributed by atoms with van der Waals surface area (Å²) in [6.07, 6.45) is 1.96. The van der Waals surface area contributed by atoms with E-state index in [4.69, 9.17) is 5.11 Å². The zero-order chi connectivity index (χ0) is 8.93. The van der Waals surface area contributed by atoms with E-state index in [9.17, 15) is 9.59 Å². The van der Waals surface area contributed by atoms with Crippen LogP contribution in [0, 0.1) is 0 Å². The Hall–Kier alpha value is -1.06. The summed E-state index contributed by atoms with van der Waals surface area (Å²) in [6.45, 7) is 1.96. The number of amides is 1. The van der Waals surface area contributed by atoms with Crippen LogP contribution in [0.5, 0.6) is 0 Å². The van der Waals surface area contributed by atoms with Crippen molar-refractivity contribution in [3.8, 4) is 0 Å². The third kappa shape index (κ3) is 0.722. The van der Waals surface area contributed by atoms with Crippen LogP contribution >= 0.6 is 0 Å². The van der Waals surface area contributed by atoms with Crippen LogP contribution in [0.15, 0.2) is 0 Å². The summed E-state index contributed by atoms with van der Waals surface area (Å²) in [5.41, 5.74) is -0.139. The highest BCUT2D eigenvalue weighted by Gasteiger charge is 2.56. The fourth-order valence-electron chi connectivity index (χ4n) is 2.28. The highest BCUT2D eigenvalue weighted by molar-refractivity contribution is 5.91. The van der Waals surface area contributed by atoms with Crippen molar-refractivity contribution in [2.45, 2.75) is 37.8 Å². The topological polar surface area (TPSA) is 57.6 Å². The van der Waals surface area contributed by atoms with Gasteiger partial charge in [0.05, 0.1) is 0 Å². The summed E-state index contributed by atoms with van der Waals surface area (Å²) < 4.78 is 0. The maximum Gasteiger partial charge on any atom is 0.326 e. The van der Waals surface area contributed by atoms with Crippen molar-refractivity contribution in [3.63, 3.8) is 0 Å². The third-order valence-electron chi connectivity index (χ3n) is 2.94. The Morgan fingerprint density at radius 2 is 2.42 bits per heavy atom. The van der Waals surface area contributed by atoms with Crippen molar-refractivity contribution < 1.29 is 14.7 Å². The van der Waals surface area contributed by atoms with Crippen LogP contribution in [0.25, 0.3) is 0 Å². The molecule has 1 N–H and O–H groups in total. The molecule has 4 heteroatoms. The Morgan fingerprint density at radius 1 is 1.75 bits per heavy atom. The van der Waals surface area contributed by atoms with Gasteiger partial charge in [-0.3, -0.25) is 4.79 Å². The fourth-order valence-corrected chi connectivity index (χ4v) is 2.28. The quantitative estimate of drug-likeness (QED) is 0.571. The fraction of sp³-hybridized carbons (Fsp3) is 0.750. The van der Waals surface area contributed by atoms with Crippen molar-refractivity contribution in [2.75, 3.05) is 0 Å². The molecule has 0 aromatic rings. The highest BCUT2D eigenvalue weighted by Crippen LogP contribution is 2.44. The van der Waals surface area contributed by atoms with E-state index < -0.39 is 12.0 Å². The molecule has 0 saturated carbocycles. The maximum absolute atomic E-state index is 11.1. The summed E-state index contributed by atoms with van der Waals surface area (Å²) in [5.74, 6) is -0.880. The zero-order valence-electron chi connectivity index (χ0n) is 6.91. The maximum atomic E-state index is 11.1. The lowest BCUT2D eigenvalue weighted by Gasteiger charge is -2.46. The molecule has 0 bridgehead atoms. The van der Waals surface area contributed by atoms with E-state index >= 15 is 0 Å². The number of carboxylic acids is 1. The molecule has 12 heavy (non-hydrogen) atoms. The van der Waals surface area contributed by atoms with Crippen molar-refractivity contribution in [1.82, 2.24) is 4.90 Å². The molecule has 66 valence electrons. The molecule has 2 heterocycles. The number of aliphatic carboxylic acids is 1. The largest absolute Gasteiger partial charge is 0.480 e. The standard InChI is InChI=1S/C8H11NO3/c1-8-3-2-5(7(11)12)9(8)6(10)4-8/h5H,2-4H2,1H3,(H,11,12)/t5-,8-/m0/s1. The second kappa shape index (κ2) is 2.00. The first-order valence-electron chi connectivity index (χ1n) is 4.09. The van der Waals surface area contributed by atoms with E-state index in [0.29, 0.717) is 12.8 Å². The minimum atomic E-state index is -0.869. The number of carboxylic acid groups (broad SMARTS) is 1.